The van der Waals surface area contributed by atoms with Crippen LogP contribution in [-0.4, -0.2) is 22.8 Å². The second-order valence-corrected chi connectivity index (χ2v) is 5.44. The van der Waals surface area contributed by atoms with Crippen molar-refractivity contribution in [3.05, 3.63) is 83.7 Å². The predicted molar refractivity (Wildman–Crippen MR) is 91.9 cm³/mol. The Morgan fingerprint density at radius 2 is 1.83 bits per heavy atom. The van der Waals surface area contributed by atoms with Gasteiger partial charge < -0.3 is 10.1 Å². The monoisotopic (exact) mass is 321 g/mol. The Kier molecular flexibility index (Phi) is 4.91. The van der Waals surface area contributed by atoms with Crippen LogP contribution in [0.25, 0.3) is 0 Å². The first-order chi connectivity index (χ1) is 11.7. The summed E-state index contributed by atoms with van der Waals surface area (Å²) >= 11 is 0. The zero-order valence-electron chi connectivity index (χ0n) is 13.5. The van der Waals surface area contributed by atoms with Crippen molar-refractivity contribution >= 4 is 5.91 Å². The van der Waals surface area contributed by atoms with Crippen LogP contribution in [0.15, 0.2) is 67.0 Å². The Labute approximate surface area is 140 Å². The summed E-state index contributed by atoms with van der Waals surface area (Å²) in [6, 6.07) is 17.6. The Hall–Kier alpha value is -3.08. The van der Waals surface area contributed by atoms with E-state index in [9.17, 15) is 4.79 Å². The number of nitrogens with zero attached hydrogens (tertiary/aromatic N) is 2. The fourth-order valence-electron chi connectivity index (χ4n) is 2.37. The lowest BCUT2D eigenvalue weighted by molar-refractivity contribution is 0.0951. The molecule has 0 saturated carbocycles. The average Bonchev–Trinajstić information content (AvgIpc) is 3.09. The Morgan fingerprint density at radius 1 is 1.08 bits per heavy atom. The second kappa shape index (κ2) is 7.46. The maximum absolute atomic E-state index is 12.2. The minimum absolute atomic E-state index is 0.134. The molecular weight excluding hydrogens is 302 g/mol. The highest BCUT2D eigenvalue weighted by atomic mass is 16.5. The number of amides is 1. The maximum Gasteiger partial charge on any atom is 0.254 e. The van der Waals surface area contributed by atoms with Gasteiger partial charge in [0.2, 0.25) is 0 Å². The molecule has 0 spiro atoms. The van der Waals surface area contributed by atoms with Gasteiger partial charge in [0.1, 0.15) is 5.75 Å². The summed E-state index contributed by atoms with van der Waals surface area (Å²) in [7, 11) is 1.63. The summed E-state index contributed by atoms with van der Waals surface area (Å²) in [5.41, 5.74) is 2.71. The van der Waals surface area contributed by atoms with Gasteiger partial charge in [-0.05, 0) is 23.3 Å². The lowest BCUT2D eigenvalue weighted by atomic mass is 10.2. The Balaban J connectivity index is 1.57. The first-order valence-electron chi connectivity index (χ1n) is 7.72. The standard InChI is InChI=1S/C19H19N3O2/c1-24-18-9-7-15(8-10-18)11-20-19(23)17-12-21-22(14-17)13-16-5-3-2-4-6-16/h2-10,12,14H,11,13H2,1H3,(H,20,23). The first-order valence-corrected chi connectivity index (χ1v) is 7.72. The number of aromatic nitrogens is 2. The summed E-state index contributed by atoms with van der Waals surface area (Å²) in [6.45, 7) is 1.11. The van der Waals surface area contributed by atoms with E-state index in [-0.39, 0.29) is 5.91 Å². The number of carbonyl (C=O) groups is 1. The van der Waals surface area contributed by atoms with Crippen LogP contribution in [0.4, 0.5) is 0 Å². The third-order valence-electron chi connectivity index (χ3n) is 3.69. The summed E-state index contributed by atoms with van der Waals surface area (Å²) in [5.74, 6) is 0.664. The molecule has 5 nitrogen and oxygen atoms in total. The van der Waals surface area contributed by atoms with Crippen LogP contribution in [0.3, 0.4) is 0 Å². The fourth-order valence-corrected chi connectivity index (χ4v) is 2.37. The molecule has 122 valence electrons. The molecule has 0 unspecified atom stereocenters. The van der Waals surface area contributed by atoms with E-state index in [0.29, 0.717) is 18.7 Å². The highest BCUT2D eigenvalue weighted by Gasteiger charge is 2.08. The first kappa shape index (κ1) is 15.8. The van der Waals surface area contributed by atoms with Crippen molar-refractivity contribution in [2.24, 2.45) is 0 Å². The molecule has 0 fully saturated rings. The number of rotatable bonds is 6. The van der Waals surface area contributed by atoms with Crippen molar-refractivity contribution < 1.29 is 9.53 Å². The normalized spacial score (nSPS) is 10.4. The lowest BCUT2D eigenvalue weighted by Gasteiger charge is -2.05. The van der Waals surface area contributed by atoms with Crippen molar-refractivity contribution in [1.82, 2.24) is 15.1 Å². The van der Waals surface area contributed by atoms with Crippen LogP contribution in [0.2, 0.25) is 0 Å². The number of hydrogen-bond acceptors (Lipinski definition) is 3. The summed E-state index contributed by atoms with van der Waals surface area (Å²) in [6.07, 6.45) is 3.35. The van der Waals surface area contributed by atoms with Gasteiger partial charge in [0.15, 0.2) is 0 Å². The van der Waals surface area contributed by atoms with Gasteiger partial charge in [0.25, 0.3) is 5.91 Å². The van der Waals surface area contributed by atoms with Crippen molar-refractivity contribution in [3.63, 3.8) is 0 Å². The van der Waals surface area contributed by atoms with Crippen LogP contribution >= 0.6 is 0 Å². The van der Waals surface area contributed by atoms with E-state index in [1.165, 1.54) is 0 Å². The SMILES string of the molecule is COc1ccc(CNC(=O)c2cnn(Cc3ccccc3)c2)cc1. The lowest BCUT2D eigenvalue weighted by Crippen LogP contribution is -2.22. The highest BCUT2D eigenvalue weighted by molar-refractivity contribution is 5.93. The quantitative estimate of drug-likeness (QED) is 0.759. The summed E-state index contributed by atoms with van der Waals surface area (Å²) in [5, 5.41) is 7.15. The van der Waals surface area contributed by atoms with Crippen LogP contribution in [-0.2, 0) is 13.1 Å². The van der Waals surface area contributed by atoms with Gasteiger partial charge >= 0.3 is 0 Å². The number of ether oxygens (including phenoxy) is 1. The molecule has 2 aromatic carbocycles. The number of nitrogens with one attached hydrogen (secondary N) is 1. The third-order valence-corrected chi connectivity index (χ3v) is 3.69. The van der Waals surface area contributed by atoms with E-state index < -0.39 is 0 Å². The molecule has 5 heteroatoms. The number of benzene rings is 2. The van der Waals surface area contributed by atoms with Crippen molar-refractivity contribution in [3.8, 4) is 5.75 Å². The van der Waals surface area contributed by atoms with Gasteiger partial charge in [0.05, 0.1) is 25.4 Å². The van der Waals surface area contributed by atoms with Crippen molar-refractivity contribution in [1.29, 1.82) is 0 Å². The molecule has 0 saturated heterocycles. The molecule has 3 rings (SSSR count). The van der Waals surface area contributed by atoms with Crippen LogP contribution in [0.1, 0.15) is 21.5 Å². The fraction of sp³-hybridized carbons (Fsp3) is 0.158. The Morgan fingerprint density at radius 3 is 2.54 bits per heavy atom. The smallest absolute Gasteiger partial charge is 0.254 e. The van der Waals surface area contributed by atoms with E-state index in [1.807, 2.05) is 54.6 Å². The van der Waals surface area contributed by atoms with E-state index in [0.717, 1.165) is 16.9 Å². The molecule has 1 N–H and O–H groups in total. The van der Waals surface area contributed by atoms with Gasteiger partial charge in [0, 0.05) is 12.7 Å². The second-order valence-electron chi connectivity index (χ2n) is 5.44. The molecule has 0 bridgehead atoms. The number of hydrogen-bond donors (Lipinski definition) is 1. The number of methoxy groups -OCH3 is 1. The van der Waals surface area contributed by atoms with E-state index in [4.69, 9.17) is 4.74 Å². The molecule has 0 atom stereocenters. The zero-order valence-corrected chi connectivity index (χ0v) is 13.5. The van der Waals surface area contributed by atoms with Crippen molar-refractivity contribution in [2.75, 3.05) is 7.11 Å². The molecule has 0 aliphatic carbocycles. The van der Waals surface area contributed by atoms with Gasteiger partial charge in [-0.3, -0.25) is 9.48 Å². The van der Waals surface area contributed by atoms with Gasteiger partial charge in [-0.2, -0.15) is 5.10 Å². The molecular formula is C19H19N3O2. The maximum atomic E-state index is 12.2. The van der Waals surface area contributed by atoms with Gasteiger partial charge in [-0.1, -0.05) is 42.5 Å². The third kappa shape index (κ3) is 4.01. The van der Waals surface area contributed by atoms with E-state index in [2.05, 4.69) is 10.4 Å². The Bertz CT molecular complexity index is 795. The average molecular weight is 321 g/mol. The largest absolute Gasteiger partial charge is 0.497 e. The molecule has 1 amide bonds. The molecule has 0 aliphatic rings. The van der Waals surface area contributed by atoms with Crippen LogP contribution in [0, 0.1) is 0 Å². The van der Waals surface area contributed by atoms with Crippen LogP contribution < -0.4 is 10.1 Å². The molecule has 3 aromatic rings. The van der Waals surface area contributed by atoms with Crippen molar-refractivity contribution in [2.45, 2.75) is 13.1 Å². The van der Waals surface area contributed by atoms with E-state index >= 15 is 0 Å². The minimum Gasteiger partial charge on any atom is -0.497 e. The summed E-state index contributed by atoms with van der Waals surface area (Å²) in [4.78, 5) is 12.2. The minimum atomic E-state index is -0.134. The zero-order chi connectivity index (χ0) is 16.8. The molecule has 1 aromatic heterocycles. The molecule has 0 aliphatic heterocycles. The van der Waals surface area contributed by atoms with E-state index in [1.54, 1.807) is 24.2 Å². The predicted octanol–water partition coefficient (Wildman–Crippen LogP) is 2.87. The van der Waals surface area contributed by atoms with Gasteiger partial charge in [-0.25, -0.2) is 0 Å². The highest BCUT2D eigenvalue weighted by Crippen LogP contribution is 2.11. The summed E-state index contributed by atoms with van der Waals surface area (Å²) < 4.78 is 6.88. The van der Waals surface area contributed by atoms with Crippen LogP contribution in [0.5, 0.6) is 5.75 Å². The number of carbonyl (C=O) groups excluding carboxylic acids is 1. The topological polar surface area (TPSA) is 56.1 Å². The van der Waals surface area contributed by atoms with Gasteiger partial charge in [-0.15, -0.1) is 0 Å². The molecule has 0 radical (unpaired) electrons. The molecule has 1 heterocycles. The molecule has 24 heavy (non-hydrogen) atoms.